The highest BCUT2D eigenvalue weighted by molar-refractivity contribution is 6.07. The molecule has 0 aliphatic heterocycles. The summed E-state index contributed by atoms with van der Waals surface area (Å²) in [5.74, 6) is 0. The van der Waals surface area contributed by atoms with Crippen LogP contribution in [0.3, 0.4) is 0 Å². The van der Waals surface area contributed by atoms with Crippen molar-refractivity contribution in [3.63, 3.8) is 0 Å². The number of rotatable bonds is 3. The molecule has 1 heteroatoms. The van der Waals surface area contributed by atoms with Gasteiger partial charge in [0.25, 0.3) is 0 Å². The standard InChI is InChI=1S/C7H9N/c1-4-6(3)7(8)5-2/h4-5,8H,1-3H2. The Morgan fingerprint density at radius 3 is 1.88 bits per heavy atom. The van der Waals surface area contributed by atoms with Gasteiger partial charge in [0.1, 0.15) is 0 Å². The quantitative estimate of drug-likeness (QED) is 0.421. The van der Waals surface area contributed by atoms with E-state index in [0.717, 1.165) is 0 Å². The van der Waals surface area contributed by atoms with Gasteiger partial charge in [-0.1, -0.05) is 25.8 Å². The van der Waals surface area contributed by atoms with Crippen molar-refractivity contribution in [2.45, 2.75) is 0 Å². The van der Waals surface area contributed by atoms with Crippen molar-refractivity contribution in [3.05, 3.63) is 37.5 Å². The molecule has 0 aromatic rings. The molecule has 0 saturated carbocycles. The first-order valence-electron chi connectivity index (χ1n) is 2.25. The van der Waals surface area contributed by atoms with Gasteiger partial charge < -0.3 is 5.41 Å². The summed E-state index contributed by atoms with van der Waals surface area (Å²) in [6.07, 6.45) is 2.97. The summed E-state index contributed by atoms with van der Waals surface area (Å²) in [6, 6.07) is 0. The van der Waals surface area contributed by atoms with Gasteiger partial charge in [0.2, 0.25) is 0 Å². The van der Waals surface area contributed by atoms with Gasteiger partial charge in [-0.05, 0) is 11.6 Å². The van der Waals surface area contributed by atoms with Crippen molar-refractivity contribution < 1.29 is 0 Å². The molecule has 0 amide bonds. The Bertz CT molecular complexity index is 124. The van der Waals surface area contributed by atoms with Gasteiger partial charge in [-0.3, -0.25) is 0 Å². The number of hydrogen-bond donors (Lipinski definition) is 1. The third-order valence-electron chi connectivity index (χ3n) is 0.796. The average Bonchev–Trinajstić information content (AvgIpc) is 1.84. The Balaban J connectivity index is 4.02. The van der Waals surface area contributed by atoms with Crippen LogP contribution in [-0.2, 0) is 0 Å². The minimum atomic E-state index is 0.333. The number of allylic oxidation sites excluding steroid dienone is 3. The maximum absolute atomic E-state index is 7.05. The van der Waals surface area contributed by atoms with E-state index >= 15 is 0 Å². The van der Waals surface area contributed by atoms with Crippen molar-refractivity contribution in [1.82, 2.24) is 0 Å². The lowest BCUT2D eigenvalue weighted by Gasteiger charge is -1.90. The molecule has 42 valence electrons. The molecule has 0 unspecified atom stereocenters. The summed E-state index contributed by atoms with van der Waals surface area (Å²) in [4.78, 5) is 0. The van der Waals surface area contributed by atoms with E-state index in [-0.39, 0.29) is 0 Å². The fourth-order valence-corrected chi connectivity index (χ4v) is 0.241. The molecule has 0 saturated heterocycles. The Morgan fingerprint density at radius 1 is 1.25 bits per heavy atom. The maximum atomic E-state index is 7.05. The van der Waals surface area contributed by atoms with E-state index in [4.69, 9.17) is 5.41 Å². The van der Waals surface area contributed by atoms with Crippen LogP contribution < -0.4 is 0 Å². The van der Waals surface area contributed by atoms with E-state index in [2.05, 4.69) is 19.7 Å². The van der Waals surface area contributed by atoms with Crippen molar-refractivity contribution in [1.29, 1.82) is 5.41 Å². The molecule has 0 aliphatic carbocycles. The zero-order valence-electron chi connectivity index (χ0n) is 4.78. The highest BCUT2D eigenvalue weighted by atomic mass is 14.4. The molecule has 0 aromatic carbocycles. The van der Waals surface area contributed by atoms with Gasteiger partial charge >= 0.3 is 0 Å². The molecule has 0 spiro atoms. The van der Waals surface area contributed by atoms with Crippen LogP contribution in [0.15, 0.2) is 37.5 Å². The lowest BCUT2D eigenvalue weighted by Crippen LogP contribution is -1.89. The fraction of sp³-hybridized carbons (Fsp3) is 0. The van der Waals surface area contributed by atoms with Gasteiger partial charge in [-0.25, -0.2) is 0 Å². The summed E-state index contributed by atoms with van der Waals surface area (Å²) >= 11 is 0. The molecule has 0 atom stereocenters. The van der Waals surface area contributed by atoms with E-state index in [0.29, 0.717) is 11.3 Å². The Labute approximate surface area is 49.5 Å². The minimum absolute atomic E-state index is 0.333. The summed E-state index contributed by atoms with van der Waals surface area (Å²) < 4.78 is 0. The molecular formula is C7H9N. The second-order valence-corrected chi connectivity index (χ2v) is 1.35. The van der Waals surface area contributed by atoms with Crippen LogP contribution >= 0.6 is 0 Å². The van der Waals surface area contributed by atoms with Gasteiger partial charge in [-0.15, -0.1) is 0 Å². The predicted octanol–water partition coefficient (Wildman–Crippen LogP) is 1.93. The highest BCUT2D eigenvalue weighted by Gasteiger charge is 1.87. The van der Waals surface area contributed by atoms with E-state index in [9.17, 15) is 0 Å². The lowest BCUT2D eigenvalue weighted by molar-refractivity contribution is 1.52. The molecule has 0 aliphatic rings. The van der Waals surface area contributed by atoms with Crippen LogP contribution in [0.5, 0.6) is 0 Å². The van der Waals surface area contributed by atoms with E-state index < -0.39 is 0 Å². The fourth-order valence-electron chi connectivity index (χ4n) is 0.241. The van der Waals surface area contributed by atoms with Crippen LogP contribution in [0.1, 0.15) is 0 Å². The molecule has 8 heavy (non-hydrogen) atoms. The van der Waals surface area contributed by atoms with Crippen LogP contribution in [0.25, 0.3) is 0 Å². The van der Waals surface area contributed by atoms with E-state index in [1.54, 1.807) is 0 Å². The second kappa shape index (κ2) is 2.97. The molecule has 1 nitrogen and oxygen atoms in total. The summed E-state index contributed by atoms with van der Waals surface area (Å²) in [7, 11) is 0. The zero-order chi connectivity index (χ0) is 6.57. The molecule has 0 fully saturated rings. The SMILES string of the molecule is C=CC(=C)C(=N)C=C. The Hall–Kier alpha value is -1.11. The Kier molecular flexibility index (Phi) is 2.56. The summed E-state index contributed by atoms with van der Waals surface area (Å²) in [6.45, 7) is 10.4. The predicted molar refractivity (Wildman–Crippen MR) is 37.3 cm³/mol. The molecule has 0 radical (unpaired) electrons. The van der Waals surface area contributed by atoms with Crippen molar-refractivity contribution in [2.75, 3.05) is 0 Å². The van der Waals surface area contributed by atoms with Gasteiger partial charge in [0.05, 0.1) is 5.71 Å². The molecular weight excluding hydrogens is 98.1 g/mol. The second-order valence-electron chi connectivity index (χ2n) is 1.35. The lowest BCUT2D eigenvalue weighted by atomic mass is 10.2. The van der Waals surface area contributed by atoms with Crippen LogP contribution in [0.4, 0.5) is 0 Å². The van der Waals surface area contributed by atoms with Gasteiger partial charge in [-0.2, -0.15) is 0 Å². The third kappa shape index (κ3) is 1.56. The largest absolute Gasteiger partial charge is 0.300 e. The van der Waals surface area contributed by atoms with Crippen molar-refractivity contribution in [2.24, 2.45) is 0 Å². The first kappa shape index (κ1) is 6.89. The normalized spacial score (nSPS) is 7.50. The van der Waals surface area contributed by atoms with Crippen LogP contribution in [0.2, 0.25) is 0 Å². The summed E-state index contributed by atoms with van der Waals surface area (Å²) in [5.41, 5.74) is 0.944. The number of hydrogen-bond acceptors (Lipinski definition) is 1. The van der Waals surface area contributed by atoms with Gasteiger partial charge in [0, 0.05) is 0 Å². The first-order valence-corrected chi connectivity index (χ1v) is 2.25. The molecule has 0 heterocycles. The molecule has 0 aromatic heterocycles. The molecule has 0 bridgehead atoms. The number of nitrogens with one attached hydrogen (secondary N) is 1. The average molecular weight is 107 g/mol. The third-order valence-corrected chi connectivity index (χ3v) is 0.796. The first-order chi connectivity index (χ1) is 3.72. The van der Waals surface area contributed by atoms with Gasteiger partial charge in [0.15, 0.2) is 0 Å². The van der Waals surface area contributed by atoms with Crippen LogP contribution in [0, 0.1) is 5.41 Å². The monoisotopic (exact) mass is 107 g/mol. The summed E-state index contributed by atoms with van der Waals surface area (Å²) in [5, 5.41) is 7.05. The topological polar surface area (TPSA) is 23.9 Å². The smallest absolute Gasteiger partial charge is 0.0600 e. The van der Waals surface area contributed by atoms with Crippen molar-refractivity contribution >= 4 is 5.71 Å². The Morgan fingerprint density at radius 2 is 1.75 bits per heavy atom. The van der Waals surface area contributed by atoms with Crippen LogP contribution in [-0.4, -0.2) is 5.71 Å². The van der Waals surface area contributed by atoms with E-state index in [1.807, 2.05) is 0 Å². The minimum Gasteiger partial charge on any atom is -0.300 e. The van der Waals surface area contributed by atoms with Crippen molar-refractivity contribution in [3.8, 4) is 0 Å². The van der Waals surface area contributed by atoms with E-state index in [1.165, 1.54) is 12.2 Å². The molecule has 0 rings (SSSR count). The highest BCUT2D eigenvalue weighted by Crippen LogP contribution is 1.92. The maximum Gasteiger partial charge on any atom is 0.0600 e. The molecule has 1 N–H and O–H groups in total. The zero-order valence-corrected chi connectivity index (χ0v) is 4.78.